The lowest BCUT2D eigenvalue weighted by atomic mass is 10.1. The third-order valence-electron chi connectivity index (χ3n) is 3.38. The molecule has 2 aromatic rings. The lowest BCUT2D eigenvalue weighted by Gasteiger charge is -2.08. The fourth-order valence-corrected chi connectivity index (χ4v) is 2.55. The van der Waals surface area contributed by atoms with E-state index in [-0.39, 0.29) is 28.0 Å². The average Bonchev–Trinajstić information content (AvgIpc) is 2.67. The van der Waals surface area contributed by atoms with Crippen LogP contribution in [0.3, 0.4) is 0 Å². The highest BCUT2D eigenvalue weighted by molar-refractivity contribution is 6.42. The Morgan fingerprint density at radius 3 is 2.46 bits per heavy atom. The molecule has 0 bridgehead atoms. The molecule has 2 aromatic carbocycles. The van der Waals surface area contributed by atoms with Crippen molar-refractivity contribution in [3.8, 4) is 11.8 Å². The molecule has 9 heteroatoms. The number of hydrogen-bond acceptors (Lipinski definition) is 5. The van der Waals surface area contributed by atoms with Gasteiger partial charge in [-0.1, -0.05) is 40.9 Å². The lowest BCUT2D eigenvalue weighted by Crippen LogP contribution is -2.13. The molecule has 2 rings (SSSR count). The normalized spacial score (nSPS) is 10.8. The zero-order valence-corrected chi connectivity index (χ0v) is 16.7. The first kappa shape index (κ1) is 21.6. The Hall–Kier alpha value is -2.72. The van der Waals surface area contributed by atoms with Crippen molar-refractivity contribution in [3.63, 3.8) is 0 Å². The Morgan fingerprint density at radius 1 is 1.11 bits per heavy atom. The van der Waals surface area contributed by atoms with Gasteiger partial charge in [0.25, 0.3) is 5.91 Å². The maximum Gasteiger partial charge on any atom is 0.343 e. The fourth-order valence-electron chi connectivity index (χ4n) is 2.01. The van der Waals surface area contributed by atoms with Crippen LogP contribution in [-0.2, 0) is 14.3 Å². The van der Waals surface area contributed by atoms with Crippen LogP contribution in [0.2, 0.25) is 15.1 Å². The van der Waals surface area contributed by atoms with Crippen LogP contribution >= 0.6 is 34.8 Å². The summed E-state index contributed by atoms with van der Waals surface area (Å²) in [6, 6.07) is 11.0. The molecule has 28 heavy (non-hydrogen) atoms. The molecule has 1 N–H and O–H groups in total. The van der Waals surface area contributed by atoms with Crippen molar-refractivity contribution in [2.45, 2.75) is 0 Å². The molecule has 0 radical (unpaired) electrons. The highest BCUT2D eigenvalue weighted by Crippen LogP contribution is 2.27. The molecule has 1 amide bonds. The summed E-state index contributed by atoms with van der Waals surface area (Å²) in [6.45, 7) is -0.291. The minimum Gasteiger partial charge on any atom is -0.480 e. The number of benzene rings is 2. The topological polar surface area (TPSA) is 88.4 Å². The van der Waals surface area contributed by atoms with E-state index in [0.717, 1.165) is 0 Å². The van der Waals surface area contributed by atoms with Crippen LogP contribution < -0.4 is 10.1 Å². The minimum absolute atomic E-state index is 0.148. The van der Waals surface area contributed by atoms with Crippen molar-refractivity contribution in [1.82, 2.24) is 0 Å². The van der Waals surface area contributed by atoms with E-state index in [2.05, 4.69) is 10.1 Å². The van der Waals surface area contributed by atoms with E-state index in [1.165, 1.54) is 37.5 Å². The van der Waals surface area contributed by atoms with E-state index in [9.17, 15) is 14.9 Å². The molecule has 0 spiro atoms. The number of amides is 1. The van der Waals surface area contributed by atoms with Crippen molar-refractivity contribution in [3.05, 3.63) is 62.6 Å². The van der Waals surface area contributed by atoms with Crippen molar-refractivity contribution in [1.29, 1.82) is 5.26 Å². The van der Waals surface area contributed by atoms with Crippen LogP contribution in [0, 0.1) is 11.3 Å². The van der Waals surface area contributed by atoms with Gasteiger partial charge in [0.15, 0.2) is 6.61 Å². The Balaban J connectivity index is 2.15. The predicted octanol–water partition coefficient (Wildman–Crippen LogP) is 4.74. The Labute approximate surface area is 176 Å². The number of carbonyl (C=O) groups excluding carboxylic acids is 2. The summed E-state index contributed by atoms with van der Waals surface area (Å²) in [5, 5.41) is 12.7. The number of carbonyl (C=O) groups is 2. The number of nitriles is 1. The molecule has 0 unspecified atom stereocenters. The van der Waals surface area contributed by atoms with Crippen LogP contribution in [-0.4, -0.2) is 25.6 Å². The molecule has 0 heterocycles. The van der Waals surface area contributed by atoms with E-state index in [0.29, 0.717) is 16.3 Å². The molecule has 0 aliphatic heterocycles. The molecular weight excluding hydrogens is 427 g/mol. The van der Waals surface area contributed by atoms with E-state index in [4.69, 9.17) is 39.5 Å². The first-order valence-corrected chi connectivity index (χ1v) is 8.84. The second-order valence-electron chi connectivity index (χ2n) is 5.31. The van der Waals surface area contributed by atoms with Crippen LogP contribution in [0.4, 0.5) is 5.69 Å². The van der Waals surface area contributed by atoms with E-state index >= 15 is 0 Å². The zero-order valence-electron chi connectivity index (χ0n) is 14.5. The zero-order chi connectivity index (χ0) is 20.7. The molecular formula is C19H13Cl3N2O4. The largest absolute Gasteiger partial charge is 0.480 e. The number of rotatable bonds is 6. The van der Waals surface area contributed by atoms with Crippen LogP contribution in [0.25, 0.3) is 6.08 Å². The number of hydrogen-bond donors (Lipinski definition) is 1. The summed E-state index contributed by atoms with van der Waals surface area (Å²) < 4.78 is 9.71. The van der Waals surface area contributed by atoms with E-state index in [1.807, 2.05) is 6.07 Å². The van der Waals surface area contributed by atoms with Gasteiger partial charge in [-0.2, -0.15) is 5.26 Å². The van der Waals surface area contributed by atoms with Crippen LogP contribution in [0.1, 0.15) is 5.56 Å². The van der Waals surface area contributed by atoms with Gasteiger partial charge in [-0.25, -0.2) is 4.79 Å². The molecule has 0 atom stereocenters. The number of halogens is 3. The Bertz CT molecular complexity index is 984. The molecule has 0 fully saturated rings. The standard InChI is InChI=1S/C19H13Cl3N2O4/c1-27-18(25)10-28-17-5-2-11(7-16(17)22)6-12(9-23)19(26)24-13-3-4-14(20)15(21)8-13/h2-8H,10H2,1H3,(H,24,26)/b12-6+. The third kappa shape index (κ3) is 5.89. The second kappa shape index (κ2) is 10.00. The van der Waals surface area contributed by atoms with Gasteiger partial charge < -0.3 is 14.8 Å². The van der Waals surface area contributed by atoms with Crippen molar-refractivity contribution >= 4 is 58.4 Å². The summed E-state index contributed by atoms with van der Waals surface area (Å²) in [7, 11) is 1.24. The number of ether oxygens (including phenoxy) is 2. The van der Waals surface area contributed by atoms with Crippen molar-refractivity contribution in [2.75, 3.05) is 19.0 Å². The number of anilines is 1. The van der Waals surface area contributed by atoms with Gasteiger partial charge in [-0.3, -0.25) is 4.79 Å². The van der Waals surface area contributed by atoms with E-state index in [1.54, 1.807) is 12.1 Å². The number of nitrogens with zero attached hydrogens (tertiary/aromatic N) is 1. The number of esters is 1. The predicted molar refractivity (Wildman–Crippen MR) is 108 cm³/mol. The second-order valence-corrected chi connectivity index (χ2v) is 6.53. The van der Waals surface area contributed by atoms with Crippen LogP contribution in [0.5, 0.6) is 5.75 Å². The average molecular weight is 440 g/mol. The third-order valence-corrected chi connectivity index (χ3v) is 4.42. The van der Waals surface area contributed by atoms with Crippen molar-refractivity contribution < 1.29 is 19.1 Å². The first-order chi connectivity index (χ1) is 13.3. The smallest absolute Gasteiger partial charge is 0.343 e. The number of methoxy groups -OCH3 is 1. The molecule has 0 saturated heterocycles. The summed E-state index contributed by atoms with van der Waals surface area (Å²) in [4.78, 5) is 23.4. The maximum absolute atomic E-state index is 12.3. The highest BCUT2D eigenvalue weighted by atomic mass is 35.5. The number of nitrogens with one attached hydrogen (secondary N) is 1. The Kier molecular flexibility index (Phi) is 7.70. The molecule has 0 aliphatic rings. The first-order valence-electron chi connectivity index (χ1n) is 7.71. The van der Waals surface area contributed by atoms with Gasteiger partial charge in [0, 0.05) is 5.69 Å². The maximum atomic E-state index is 12.3. The fraction of sp³-hybridized carbons (Fsp3) is 0.105. The van der Waals surface area contributed by atoms with Crippen LogP contribution in [0.15, 0.2) is 42.0 Å². The molecule has 144 valence electrons. The van der Waals surface area contributed by atoms with Gasteiger partial charge in [0.2, 0.25) is 0 Å². The summed E-state index contributed by atoms with van der Waals surface area (Å²) in [6.07, 6.45) is 1.36. The summed E-state index contributed by atoms with van der Waals surface area (Å²) in [5.41, 5.74) is 0.742. The SMILES string of the molecule is COC(=O)COc1ccc(/C=C(\C#N)C(=O)Nc2ccc(Cl)c(Cl)c2)cc1Cl. The molecule has 6 nitrogen and oxygen atoms in total. The van der Waals surface area contributed by atoms with Gasteiger partial charge in [0.05, 0.1) is 22.2 Å². The summed E-state index contributed by atoms with van der Waals surface area (Å²) in [5.74, 6) is -0.906. The lowest BCUT2D eigenvalue weighted by molar-refractivity contribution is -0.142. The highest BCUT2D eigenvalue weighted by Gasteiger charge is 2.12. The summed E-state index contributed by atoms with van der Waals surface area (Å²) >= 11 is 17.8. The molecule has 0 saturated carbocycles. The molecule has 0 aliphatic carbocycles. The van der Waals surface area contributed by atoms with Gasteiger partial charge in [-0.15, -0.1) is 0 Å². The van der Waals surface area contributed by atoms with Gasteiger partial charge in [0.1, 0.15) is 17.4 Å². The Morgan fingerprint density at radius 2 is 1.86 bits per heavy atom. The minimum atomic E-state index is -0.622. The van der Waals surface area contributed by atoms with E-state index < -0.39 is 11.9 Å². The van der Waals surface area contributed by atoms with Crippen molar-refractivity contribution in [2.24, 2.45) is 0 Å². The monoisotopic (exact) mass is 438 g/mol. The quantitative estimate of drug-likeness (QED) is 0.399. The van der Waals surface area contributed by atoms with Gasteiger partial charge in [-0.05, 0) is 42.0 Å². The molecule has 0 aromatic heterocycles. The van der Waals surface area contributed by atoms with Gasteiger partial charge >= 0.3 is 5.97 Å².